The van der Waals surface area contributed by atoms with Gasteiger partial charge in [-0.3, -0.25) is 0 Å². The fourth-order valence-corrected chi connectivity index (χ4v) is 3.66. The molecule has 1 aromatic carbocycles. The summed E-state index contributed by atoms with van der Waals surface area (Å²) in [5.41, 5.74) is 1.89. The number of rotatable bonds is 2. The summed E-state index contributed by atoms with van der Waals surface area (Å²) in [4.78, 5) is 14.7. The predicted molar refractivity (Wildman–Crippen MR) is 92.8 cm³/mol. The third-order valence-corrected chi connectivity index (χ3v) is 4.97. The number of benzene rings is 1. The van der Waals surface area contributed by atoms with Crippen LogP contribution in [0.2, 0.25) is 5.15 Å². The van der Waals surface area contributed by atoms with Gasteiger partial charge < -0.3 is 4.90 Å². The van der Waals surface area contributed by atoms with Crippen molar-refractivity contribution in [3.05, 3.63) is 58.5 Å². The van der Waals surface area contributed by atoms with Crippen molar-refractivity contribution in [3.8, 4) is 0 Å². The second kappa shape index (κ2) is 6.19. The number of fused-ring (bicyclic) bond motifs is 1. The first-order valence-electron chi connectivity index (χ1n) is 8.04. The zero-order chi connectivity index (χ0) is 17.6. The molecule has 0 aliphatic carbocycles. The Kier molecular flexibility index (Phi) is 4.00. The molecule has 0 saturated carbocycles. The van der Waals surface area contributed by atoms with E-state index in [1.165, 1.54) is 18.5 Å². The molecule has 0 amide bonds. The monoisotopic (exact) mass is 360 g/mol. The summed E-state index contributed by atoms with van der Waals surface area (Å²) in [6, 6.07) is 5.74. The highest BCUT2D eigenvalue weighted by Gasteiger charge is 2.31. The van der Waals surface area contributed by atoms with Gasteiger partial charge in [0.05, 0.1) is 11.6 Å². The van der Waals surface area contributed by atoms with Crippen molar-refractivity contribution in [3.63, 3.8) is 0 Å². The van der Waals surface area contributed by atoms with Gasteiger partial charge in [0.25, 0.3) is 0 Å². The van der Waals surface area contributed by atoms with Crippen LogP contribution in [0.1, 0.15) is 30.0 Å². The van der Waals surface area contributed by atoms with Crippen LogP contribution in [0.15, 0.2) is 30.6 Å². The highest BCUT2D eigenvalue weighted by atomic mass is 35.5. The Morgan fingerprint density at radius 3 is 2.76 bits per heavy atom. The number of nitrogens with zero attached hydrogens (tertiary/aromatic N) is 4. The van der Waals surface area contributed by atoms with Crippen molar-refractivity contribution in [1.29, 1.82) is 0 Å². The molecule has 0 spiro atoms. The molecule has 128 valence electrons. The third-order valence-electron chi connectivity index (χ3n) is 4.70. The van der Waals surface area contributed by atoms with E-state index in [2.05, 4.69) is 15.0 Å². The van der Waals surface area contributed by atoms with Gasteiger partial charge in [0.1, 0.15) is 29.3 Å². The van der Waals surface area contributed by atoms with Crippen LogP contribution in [0.25, 0.3) is 11.0 Å². The van der Waals surface area contributed by atoms with E-state index < -0.39 is 11.6 Å². The van der Waals surface area contributed by atoms with Crippen LogP contribution in [-0.2, 0) is 0 Å². The lowest BCUT2D eigenvalue weighted by molar-refractivity contribution is 0.552. The van der Waals surface area contributed by atoms with E-state index in [4.69, 9.17) is 11.6 Å². The Bertz CT molecular complexity index is 963. The summed E-state index contributed by atoms with van der Waals surface area (Å²) in [5.74, 6) is -0.126. The molecule has 4 rings (SSSR count). The Hall–Kier alpha value is -2.34. The molecule has 1 aliphatic heterocycles. The van der Waals surface area contributed by atoms with E-state index in [-0.39, 0.29) is 11.2 Å². The second-order valence-electron chi connectivity index (χ2n) is 6.12. The first-order valence-corrected chi connectivity index (χ1v) is 8.42. The minimum absolute atomic E-state index is 0.260. The van der Waals surface area contributed by atoms with Crippen molar-refractivity contribution >= 4 is 28.5 Å². The van der Waals surface area contributed by atoms with Gasteiger partial charge in [0.2, 0.25) is 0 Å². The van der Waals surface area contributed by atoms with Crippen molar-refractivity contribution in [2.75, 3.05) is 11.4 Å². The van der Waals surface area contributed by atoms with Crippen LogP contribution in [0.5, 0.6) is 0 Å². The molecular weight excluding hydrogens is 346 g/mol. The van der Waals surface area contributed by atoms with Gasteiger partial charge in [0.15, 0.2) is 5.15 Å². The van der Waals surface area contributed by atoms with Gasteiger partial charge in [-0.05, 0) is 49.6 Å². The largest absolute Gasteiger partial charge is 0.349 e. The lowest BCUT2D eigenvalue weighted by atomic mass is 9.98. The fourth-order valence-electron chi connectivity index (χ4n) is 3.48. The molecule has 3 heterocycles. The second-order valence-corrected chi connectivity index (χ2v) is 6.48. The van der Waals surface area contributed by atoms with Gasteiger partial charge in [-0.1, -0.05) is 11.6 Å². The lowest BCUT2D eigenvalue weighted by Crippen LogP contribution is -2.25. The van der Waals surface area contributed by atoms with Crippen LogP contribution in [-0.4, -0.2) is 21.5 Å². The highest BCUT2D eigenvalue weighted by molar-refractivity contribution is 6.33. The van der Waals surface area contributed by atoms with Gasteiger partial charge in [-0.15, -0.1) is 0 Å². The van der Waals surface area contributed by atoms with Crippen molar-refractivity contribution in [2.45, 2.75) is 25.8 Å². The van der Waals surface area contributed by atoms with Crippen LogP contribution in [0.4, 0.5) is 14.6 Å². The average Bonchev–Trinajstić information content (AvgIpc) is 3.08. The molecule has 1 fully saturated rings. The van der Waals surface area contributed by atoms with Crippen molar-refractivity contribution in [2.24, 2.45) is 0 Å². The molecule has 7 heteroatoms. The minimum atomic E-state index is -0.397. The Morgan fingerprint density at radius 2 is 1.92 bits per heavy atom. The number of aromatic nitrogens is 3. The zero-order valence-electron chi connectivity index (χ0n) is 13.5. The van der Waals surface area contributed by atoms with E-state index in [0.29, 0.717) is 34.5 Å². The minimum Gasteiger partial charge on any atom is -0.349 e. The van der Waals surface area contributed by atoms with E-state index >= 15 is 0 Å². The number of halogens is 3. The van der Waals surface area contributed by atoms with Crippen LogP contribution < -0.4 is 4.90 Å². The van der Waals surface area contributed by atoms with Crippen LogP contribution in [0, 0.1) is 18.6 Å². The topological polar surface area (TPSA) is 41.9 Å². The number of hydrogen-bond donors (Lipinski definition) is 0. The third kappa shape index (κ3) is 2.70. The summed E-state index contributed by atoms with van der Waals surface area (Å²) in [6.07, 6.45) is 2.99. The lowest BCUT2D eigenvalue weighted by Gasteiger charge is -2.28. The molecule has 1 aliphatic rings. The molecule has 4 nitrogen and oxygen atoms in total. The molecule has 1 atom stereocenters. The van der Waals surface area contributed by atoms with E-state index in [1.807, 2.05) is 17.0 Å². The van der Waals surface area contributed by atoms with Crippen LogP contribution in [0.3, 0.4) is 0 Å². The van der Waals surface area contributed by atoms with E-state index in [0.717, 1.165) is 12.8 Å². The number of anilines is 1. The smallest absolute Gasteiger partial charge is 0.158 e. The Labute approximate surface area is 148 Å². The molecule has 0 bridgehead atoms. The summed E-state index contributed by atoms with van der Waals surface area (Å²) >= 11 is 6.12. The van der Waals surface area contributed by atoms with E-state index in [1.54, 1.807) is 6.92 Å². The predicted octanol–water partition coefficient (Wildman–Crippen LogP) is 4.61. The van der Waals surface area contributed by atoms with Crippen LogP contribution >= 0.6 is 11.6 Å². The maximum Gasteiger partial charge on any atom is 0.158 e. The Morgan fingerprint density at radius 1 is 1.12 bits per heavy atom. The number of pyridine rings is 1. The summed E-state index contributed by atoms with van der Waals surface area (Å²) in [7, 11) is 0. The molecule has 2 aromatic heterocycles. The summed E-state index contributed by atoms with van der Waals surface area (Å²) in [6.45, 7) is 2.33. The van der Waals surface area contributed by atoms with Gasteiger partial charge >= 0.3 is 0 Å². The maximum absolute atomic E-state index is 14.4. The molecular formula is C18H15ClF2N4. The Balaban J connectivity index is 1.81. The summed E-state index contributed by atoms with van der Waals surface area (Å²) < 4.78 is 28.4. The molecule has 3 aromatic rings. The summed E-state index contributed by atoms with van der Waals surface area (Å²) in [5, 5.41) is 0.274. The molecule has 0 N–H and O–H groups in total. The van der Waals surface area contributed by atoms with Crippen molar-refractivity contribution < 1.29 is 8.78 Å². The molecule has 0 unspecified atom stereocenters. The van der Waals surface area contributed by atoms with Gasteiger partial charge in [-0.2, -0.15) is 0 Å². The normalized spacial score (nSPS) is 17.4. The quantitative estimate of drug-likeness (QED) is 0.626. The molecule has 0 radical (unpaired) electrons. The average molecular weight is 361 g/mol. The van der Waals surface area contributed by atoms with Gasteiger partial charge in [0, 0.05) is 12.1 Å². The fraction of sp³-hybridized carbons (Fsp3) is 0.278. The highest BCUT2D eigenvalue weighted by Crippen LogP contribution is 2.39. The zero-order valence-corrected chi connectivity index (χ0v) is 14.3. The first-order chi connectivity index (χ1) is 12.1. The van der Waals surface area contributed by atoms with Gasteiger partial charge in [-0.25, -0.2) is 23.7 Å². The SMILES string of the molecule is Cc1c(F)ccc(F)c1[C@H]1CCCN1c1ccc2ncnc(Cl)c2n1. The standard InChI is InChI=1S/C18H15ClF2N4/c1-10-11(20)4-5-12(21)16(10)14-3-2-8-25(14)15-7-6-13-17(24-15)18(19)23-9-22-13/h4-7,9,14H,2-3,8H2,1H3/t14-/m1/s1. The molecule has 1 saturated heterocycles. The van der Waals surface area contributed by atoms with Crippen molar-refractivity contribution in [1.82, 2.24) is 15.0 Å². The number of hydrogen-bond acceptors (Lipinski definition) is 4. The first kappa shape index (κ1) is 16.1. The molecule has 25 heavy (non-hydrogen) atoms. The van der Waals surface area contributed by atoms with E-state index in [9.17, 15) is 8.78 Å². The maximum atomic E-state index is 14.4.